The van der Waals surface area contributed by atoms with Crippen molar-refractivity contribution in [1.29, 1.82) is 0 Å². The maximum absolute atomic E-state index is 11.0. The minimum absolute atomic E-state index is 0.0326. The van der Waals surface area contributed by atoms with Gasteiger partial charge in [0.1, 0.15) is 17.1 Å². The topological polar surface area (TPSA) is 68.2 Å². The Bertz CT molecular complexity index is 1040. The van der Waals surface area contributed by atoms with Crippen LogP contribution in [-0.2, 0) is 16.1 Å². The molecule has 5 rings (SSSR count). The van der Waals surface area contributed by atoms with Crippen LogP contribution < -0.4 is 9.47 Å². The van der Waals surface area contributed by atoms with Gasteiger partial charge >= 0.3 is 5.97 Å². The van der Waals surface area contributed by atoms with Gasteiger partial charge in [-0.2, -0.15) is 0 Å². The van der Waals surface area contributed by atoms with Crippen LogP contribution in [0.2, 0.25) is 5.02 Å². The summed E-state index contributed by atoms with van der Waals surface area (Å²) in [7, 11) is 0. The van der Waals surface area contributed by atoms with Crippen LogP contribution in [0.15, 0.2) is 42.5 Å². The zero-order valence-electron chi connectivity index (χ0n) is 19.0. The van der Waals surface area contributed by atoms with Crippen LogP contribution in [0.3, 0.4) is 0 Å². The summed E-state index contributed by atoms with van der Waals surface area (Å²) in [4.78, 5) is 13.5. The van der Waals surface area contributed by atoms with E-state index in [9.17, 15) is 4.79 Å². The van der Waals surface area contributed by atoms with Gasteiger partial charge in [-0.05, 0) is 63.9 Å². The maximum Gasteiger partial charge on any atom is 0.341 e. The number of para-hydroxylation sites is 1. The number of carboxylic acids is 1. The normalized spacial score (nSPS) is 28.1. The van der Waals surface area contributed by atoms with Crippen molar-refractivity contribution in [1.82, 2.24) is 4.90 Å². The van der Waals surface area contributed by atoms with Crippen molar-refractivity contribution in [2.45, 2.75) is 63.5 Å². The second-order valence-corrected chi connectivity index (χ2v) is 10.2. The van der Waals surface area contributed by atoms with E-state index in [4.69, 9.17) is 30.9 Å². The van der Waals surface area contributed by atoms with Crippen LogP contribution in [0.4, 0.5) is 0 Å². The molecule has 0 saturated carbocycles. The highest BCUT2D eigenvalue weighted by molar-refractivity contribution is 6.30. The molecule has 0 amide bonds. The predicted molar refractivity (Wildman–Crippen MR) is 125 cm³/mol. The molecule has 0 radical (unpaired) electrons. The molecule has 2 saturated heterocycles. The number of benzene rings is 2. The minimum atomic E-state index is -0.977. The van der Waals surface area contributed by atoms with E-state index in [1.165, 1.54) is 0 Å². The van der Waals surface area contributed by atoms with E-state index in [0.29, 0.717) is 17.3 Å². The van der Waals surface area contributed by atoms with Gasteiger partial charge in [0, 0.05) is 34.7 Å². The molecule has 0 spiro atoms. The Labute approximate surface area is 199 Å². The largest absolute Gasteiger partial charge is 0.487 e. The van der Waals surface area contributed by atoms with Crippen LogP contribution >= 0.6 is 11.6 Å². The third kappa shape index (κ3) is 4.44. The second-order valence-electron chi connectivity index (χ2n) is 9.80. The van der Waals surface area contributed by atoms with Gasteiger partial charge in [-0.15, -0.1) is 0 Å². The highest BCUT2D eigenvalue weighted by atomic mass is 35.5. The number of halogens is 1. The molecule has 4 atom stereocenters. The van der Waals surface area contributed by atoms with Crippen LogP contribution in [0.1, 0.15) is 50.3 Å². The molecule has 176 valence electrons. The van der Waals surface area contributed by atoms with Gasteiger partial charge in [-0.25, -0.2) is 4.79 Å². The van der Waals surface area contributed by atoms with Crippen molar-refractivity contribution >= 4 is 17.6 Å². The van der Waals surface area contributed by atoms with Gasteiger partial charge in [-0.3, -0.25) is 4.90 Å². The number of aliphatic carboxylic acids is 1. The summed E-state index contributed by atoms with van der Waals surface area (Å²) in [5.41, 5.74) is 1.69. The molecule has 7 heteroatoms. The average molecular weight is 472 g/mol. The van der Waals surface area contributed by atoms with Gasteiger partial charge < -0.3 is 19.3 Å². The summed E-state index contributed by atoms with van der Waals surface area (Å²) >= 11 is 6.32. The number of likely N-dealkylation sites (tertiary alicyclic amines) is 1. The van der Waals surface area contributed by atoms with Crippen LogP contribution in [0.5, 0.6) is 11.5 Å². The van der Waals surface area contributed by atoms with E-state index >= 15 is 0 Å². The smallest absolute Gasteiger partial charge is 0.341 e. The minimum Gasteiger partial charge on any atom is -0.487 e. The van der Waals surface area contributed by atoms with Crippen LogP contribution in [0.25, 0.3) is 0 Å². The fraction of sp³-hybridized carbons (Fsp3) is 0.500. The Hall–Kier alpha value is -2.28. The van der Waals surface area contributed by atoms with Crippen molar-refractivity contribution in [2.24, 2.45) is 5.92 Å². The fourth-order valence-electron chi connectivity index (χ4n) is 5.68. The van der Waals surface area contributed by atoms with Crippen LogP contribution in [-0.4, -0.2) is 46.9 Å². The molecule has 3 heterocycles. The first-order valence-electron chi connectivity index (χ1n) is 11.6. The number of carbonyl (C=O) groups is 1. The number of hydrogen-bond acceptors (Lipinski definition) is 5. The monoisotopic (exact) mass is 471 g/mol. The lowest BCUT2D eigenvalue weighted by atomic mass is 9.72. The molecule has 0 bridgehead atoms. The molecule has 3 aliphatic rings. The Morgan fingerprint density at radius 3 is 2.91 bits per heavy atom. The summed E-state index contributed by atoms with van der Waals surface area (Å²) in [5.74, 6) is 0.709. The molecule has 1 N–H and O–H groups in total. The summed E-state index contributed by atoms with van der Waals surface area (Å²) in [6, 6.07) is 13.8. The molecule has 2 aromatic rings. The lowest BCUT2D eigenvalue weighted by Crippen LogP contribution is -2.58. The van der Waals surface area contributed by atoms with Crippen molar-refractivity contribution in [3.05, 3.63) is 58.6 Å². The number of rotatable bonds is 5. The molecular weight excluding hydrogens is 442 g/mol. The Morgan fingerprint density at radius 1 is 1.27 bits per heavy atom. The first-order chi connectivity index (χ1) is 15.8. The first-order valence-corrected chi connectivity index (χ1v) is 12.0. The fourth-order valence-corrected chi connectivity index (χ4v) is 5.86. The zero-order valence-corrected chi connectivity index (χ0v) is 19.8. The van der Waals surface area contributed by atoms with Gasteiger partial charge in [0.15, 0.2) is 6.61 Å². The summed E-state index contributed by atoms with van der Waals surface area (Å²) in [5, 5.41) is 9.71. The number of piperidine rings is 1. The predicted octanol–water partition coefficient (Wildman–Crippen LogP) is 5.09. The molecule has 0 aliphatic carbocycles. The number of ether oxygens (including phenoxy) is 3. The van der Waals surface area contributed by atoms with Gasteiger partial charge in [0.05, 0.1) is 12.2 Å². The number of carboxylic acid groups (broad SMARTS) is 1. The standard InChI is InChI=1S/C26H30ClNO5/c1-26(2)19-13-20-23(32-25(19)18-12-17(27)9-10-22(18)33-26)8-5-11-28(20)14-16-6-3-4-7-21(16)31-15-24(29)30/h3-4,6-7,9-10,12,19-20,23,25H,5,8,11,13-15H2,1-2H3,(H,29,30)/t19-,20-,23-,25+/m1/s1. The molecule has 0 unspecified atom stereocenters. The number of fused-ring (bicyclic) bond motifs is 4. The Balaban J connectivity index is 1.39. The van der Waals surface area contributed by atoms with E-state index in [2.05, 4.69) is 18.7 Å². The van der Waals surface area contributed by atoms with Crippen molar-refractivity contribution in [2.75, 3.05) is 13.2 Å². The molecule has 33 heavy (non-hydrogen) atoms. The molecular formula is C26H30ClNO5. The number of nitrogens with zero attached hydrogens (tertiary/aromatic N) is 1. The van der Waals surface area contributed by atoms with Crippen LogP contribution in [0, 0.1) is 5.92 Å². The van der Waals surface area contributed by atoms with E-state index in [1.54, 1.807) is 0 Å². The Kier molecular flexibility index (Phi) is 6.02. The van der Waals surface area contributed by atoms with E-state index in [1.807, 2.05) is 42.5 Å². The van der Waals surface area contributed by atoms with Gasteiger partial charge in [-0.1, -0.05) is 29.8 Å². The quantitative estimate of drug-likeness (QED) is 0.655. The van der Waals surface area contributed by atoms with Gasteiger partial charge in [0.2, 0.25) is 0 Å². The molecule has 2 fully saturated rings. The Morgan fingerprint density at radius 2 is 2.09 bits per heavy atom. The molecule has 6 nitrogen and oxygen atoms in total. The van der Waals surface area contributed by atoms with Crippen molar-refractivity contribution in [3.63, 3.8) is 0 Å². The van der Waals surface area contributed by atoms with E-state index < -0.39 is 5.97 Å². The summed E-state index contributed by atoms with van der Waals surface area (Å²) in [6.07, 6.45) is 3.15. The average Bonchev–Trinajstić information content (AvgIpc) is 2.78. The molecule has 0 aromatic heterocycles. The molecule has 2 aromatic carbocycles. The highest BCUT2D eigenvalue weighted by Crippen LogP contribution is 2.53. The highest BCUT2D eigenvalue weighted by Gasteiger charge is 2.52. The van der Waals surface area contributed by atoms with E-state index in [-0.39, 0.29) is 36.4 Å². The first kappa shape index (κ1) is 22.5. The third-order valence-corrected chi connectivity index (χ3v) is 7.49. The van der Waals surface area contributed by atoms with Crippen molar-refractivity contribution in [3.8, 4) is 11.5 Å². The maximum atomic E-state index is 11.0. The van der Waals surface area contributed by atoms with Gasteiger partial charge in [0.25, 0.3) is 0 Å². The molecule has 3 aliphatic heterocycles. The zero-order chi connectivity index (χ0) is 23.2. The summed E-state index contributed by atoms with van der Waals surface area (Å²) in [6.45, 7) is 5.62. The lowest BCUT2D eigenvalue weighted by molar-refractivity contribution is -0.190. The SMILES string of the molecule is CC1(C)Oc2ccc(Cl)cc2[C@@H]2O[C@@H]3CCCN(Cc4ccccc4OCC(=O)O)[C@@H]3C[C@H]21. The number of hydrogen-bond donors (Lipinski definition) is 1. The van der Waals surface area contributed by atoms with Crippen molar-refractivity contribution < 1.29 is 24.1 Å². The summed E-state index contributed by atoms with van der Waals surface area (Å²) < 4.78 is 18.8. The third-order valence-electron chi connectivity index (χ3n) is 7.26. The van der Waals surface area contributed by atoms with E-state index in [0.717, 1.165) is 42.7 Å². The second kappa shape index (κ2) is 8.82. The lowest BCUT2D eigenvalue weighted by Gasteiger charge is -2.54.